The fraction of sp³-hybridized carbons (Fsp3) is 0.400. The molecule has 0 fully saturated rings. The largest absolute Gasteiger partial charge is 0.397 e. The van der Waals surface area contributed by atoms with Crippen molar-refractivity contribution in [3.05, 3.63) is 22.4 Å². The van der Waals surface area contributed by atoms with E-state index in [1.165, 1.54) is 6.07 Å². The van der Waals surface area contributed by atoms with Crippen LogP contribution >= 0.6 is 15.9 Å². The molecule has 0 bridgehead atoms. The predicted molar refractivity (Wildman–Crippen MR) is 62.1 cm³/mol. The van der Waals surface area contributed by atoms with Crippen LogP contribution in [0.3, 0.4) is 0 Å². The third-order valence-corrected chi connectivity index (χ3v) is 2.83. The van der Waals surface area contributed by atoms with E-state index in [4.69, 9.17) is 5.73 Å². The number of nitrogens with zero attached hydrogens (tertiary/aromatic N) is 1. The maximum Gasteiger partial charge on any atom is 0.139 e. The van der Waals surface area contributed by atoms with Crippen LogP contribution in [0.5, 0.6) is 0 Å². The molecule has 0 heterocycles. The van der Waals surface area contributed by atoms with Crippen LogP contribution in [-0.4, -0.2) is 13.1 Å². The van der Waals surface area contributed by atoms with Gasteiger partial charge in [-0.05, 0) is 35.8 Å². The highest BCUT2D eigenvalue weighted by atomic mass is 79.9. The van der Waals surface area contributed by atoms with Crippen LogP contribution in [0, 0.1) is 5.82 Å². The molecule has 0 aliphatic heterocycles. The lowest BCUT2D eigenvalue weighted by Gasteiger charge is -2.25. The Kier molecular flexibility index (Phi) is 3.37. The van der Waals surface area contributed by atoms with Gasteiger partial charge in [-0.2, -0.15) is 0 Å². The molecular formula is C10H14BrFN2. The van der Waals surface area contributed by atoms with Crippen LogP contribution in [0.4, 0.5) is 15.8 Å². The van der Waals surface area contributed by atoms with E-state index >= 15 is 0 Å². The van der Waals surface area contributed by atoms with Crippen LogP contribution in [-0.2, 0) is 0 Å². The second-order valence-corrected chi connectivity index (χ2v) is 4.38. The molecule has 0 aromatic heterocycles. The lowest BCUT2D eigenvalue weighted by atomic mass is 10.2. The highest BCUT2D eigenvalue weighted by Crippen LogP contribution is 2.29. The van der Waals surface area contributed by atoms with Crippen molar-refractivity contribution in [1.82, 2.24) is 0 Å². The fourth-order valence-corrected chi connectivity index (χ4v) is 1.50. The molecule has 0 saturated carbocycles. The van der Waals surface area contributed by atoms with Crippen molar-refractivity contribution in [3.63, 3.8) is 0 Å². The summed E-state index contributed by atoms with van der Waals surface area (Å²) >= 11 is 3.09. The summed E-state index contributed by atoms with van der Waals surface area (Å²) in [5, 5.41) is 0. The van der Waals surface area contributed by atoms with Gasteiger partial charge in [0.05, 0.1) is 15.8 Å². The molecule has 4 heteroatoms. The molecule has 1 aromatic carbocycles. The summed E-state index contributed by atoms with van der Waals surface area (Å²) in [7, 11) is 1.89. The van der Waals surface area contributed by atoms with Crippen LogP contribution < -0.4 is 10.6 Å². The van der Waals surface area contributed by atoms with Gasteiger partial charge in [0.15, 0.2) is 0 Å². The van der Waals surface area contributed by atoms with E-state index in [2.05, 4.69) is 15.9 Å². The van der Waals surface area contributed by atoms with Crippen molar-refractivity contribution in [2.45, 2.75) is 19.9 Å². The minimum absolute atomic E-state index is 0.290. The van der Waals surface area contributed by atoms with Gasteiger partial charge in [-0.3, -0.25) is 0 Å². The zero-order chi connectivity index (χ0) is 10.9. The Bertz CT molecular complexity index is 339. The average molecular weight is 261 g/mol. The molecule has 0 aliphatic carbocycles. The smallest absolute Gasteiger partial charge is 0.139 e. The molecule has 1 rings (SSSR count). The molecule has 0 aliphatic rings. The summed E-state index contributed by atoms with van der Waals surface area (Å²) in [6.45, 7) is 4.05. The molecule has 0 atom stereocenters. The fourth-order valence-electron chi connectivity index (χ4n) is 1.14. The Morgan fingerprint density at radius 1 is 1.43 bits per heavy atom. The van der Waals surface area contributed by atoms with Crippen molar-refractivity contribution < 1.29 is 4.39 Å². The first-order valence-electron chi connectivity index (χ1n) is 4.41. The monoisotopic (exact) mass is 260 g/mol. The number of hydrogen-bond donors (Lipinski definition) is 1. The minimum Gasteiger partial charge on any atom is -0.397 e. The predicted octanol–water partition coefficient (Wildman–Crippen LogP) is 3.02. The summed E-state index contributed by atoms with van der Waals surface area (Å²) in [4.78, 5) is 1.94. The van der Waals surface area contributed by atoms with Gasteiger partial charge in [0, 0.05) is 19.2 Å². The number of anilines is 2. The molecule has 2 nitrogen and oxygen atoms in total. The van der Waals surface area contributed by atoms with Crippen molar-refractivity contribution in [3.8, 4) is 0 Å². The number of nitrogens with two attached hydrogens (primary N) is 1. The number of nitrogen functional groups attached to an aromatic ring is 1. The van der Waals surface area contributed by atoms with Crippen molar-refractivity contribution >= 4 is 27.3 Å². The summed E-state index contributed by atoms with van der Waals surface area (Å²) in [6, 6.07) is 3.32. The Morgan fingerprint density at radius 3 is 2.50 bits per heavy atom. The number of benzene rings is 1. The molecule has 1 aromatic rings. The van der Waals surface area contributed by atoms with Gasteiger partial charge in [0.2, 0.25) is 0 Å². The van der Waals surface area contributed by atoms with Crippen LogP contribution in [0.25, 0.3) is 0 Å². The van der Waals surface area contributed by atoms with Gasteiger partial charge in [0.25, 0.3) is 0 Å². The van der Waals surface area contributed by atoms with E-state index in [0.717, 1.165) is 5.69 Å². The van der Waals surface area contributed by atoms with Gasteiger partial charge >= 0.3 is 0 Å². The van der Waals surface area contributed by atoms with E-state index in [9.17, 15) is 4.39 Å². The Morgan fingerprint density at radius 2 is 2.00 bits per heavy atom. The maximum absolute atomic E-state index is 13.3. The maximum atomic E-state index is 13.3. The molecule has 14 heavy (non-hydrogen) atoms. The van der Waals surface area contributed by atoms with Gasteiger partial charge in [-0.15, -0.1) is 0 Å². The second kappa shape index (κ2) is 4.17. The SMILES string of the molecule is CC(C)N(C)c1cc(F)c(Br)cc1N. The molecule has 0 amide bonds. The lowest BCUT2D eigenvalue weighted by molar-refractivity contribution is 0.619. The topological polar surface area (TPSA) is 29.3 Å². The molecule has 78 valence electrons. The van der Waals surface area contributed by atoms with Crippen LogP contribution in [0.2, 0.25) is 0 Å². The second-order valence-electron chi connectivity index (χ2n) is 3.53. The first kappa shape index (κ1) is 11.3. The molecule has 2 N–H and O–H groups in total. The highest BCUT2D eigenvalue weighted by Gasteiger charge is 2.11. The Labute approximate surface area is 92.0 Å². The Hall–Kier alpha value is -0.770. The van der Waals surface area contributed by atoms with E-state index in [0.29, 0.717) is 10.2 Å². The number of halogens is 2. The normalized spacial score (nSPS) is 10.7. The van der Waals surface area contributed by atoms with E-state index in [1.807, 2.05) is 25.8 Å². The van der Waals surface area contributed by atoms with Crippen molar-refractivity contribution in [2.24, 2.45) is 0 Å². The zero-order valence-corrected chi connectivity index (χ0v) is 10.1. The van der Waals surface area contributed by atoms with Crippen molar-refractivity contribution in [1.29, 1.82) is 0 Å². The quantitative estimate of drug-likeness (QED) is 0.829. The molecule has 0 saturated heterocycles. The number of rotatable bonds is 2. The minimum atomic E-state index is -0.290. The van der Waals surface area contributed by atoms with Gasteiger partial charge < -0.3 is 10.6 Å². The number of hydrogen-bond acceptors (Lipinski definition) is 2. The average Bonchev–Trinajstić information content (AvgIpc) is 2.10. The molecular weight excluding hydrogens is 247 g/mol. The van der Waals surface area contributed by atoms with Crippen LogP contribution in [0.15, 0.2) is 16.6 Å². The highest BCUT2D eigenvalue weighted by molar-refractivity contribution is 9.10. The Balaban J connectivity index is 3.15. The van der Waals surface area contributed by atoms with Gasteiger partial charge in [-0.1, -0.05) is 0 Å². The van der Waals surface area contributed by atoms with Crippen molar-refractivity contribution in [2.75, 3.05) is 17.7 Å². The zero-order valence-electron chi connectivity index (χ0n) is 8.51. The van der Waals surface area contributed by atoms with Gasteiger partial charge in [-0.25, -0.2) is 4.39 Å². The third kappa shape index (κ3) is 2.18. The third-order valence-electron chi connectivity index (χ3n) is 2.22. The van der Waals surface area contributed by atoms with E-state index in [1.54, 1.807) is 6.07 Å². The summed E-state index contributed by atoms with van der Waals surface area (Å²) in [5.41, 5.74) is 7.09. The first-order valence-corrected chi connectivity index (χ1v) is 5.20. The molecule has 0 radical (unpaired) electrons. The van der Waals surface area contributed by atoms with Crippen LogP contribution in [0.1, 0.15) is 13.8 Å². The summed E-state index contributed by atoms with van der Waals surface area (Å²) in [5.74, 6) is -0.290. The first-order chi connectivity index (χ1) is 6.43. The lowest BCUT2D eigenvalue weighted by Crippen LogP contribution is -2.26. The summed E-state index contributed by atoms with van der Waals surface area (Å²) in [6.07, 6.45) is 0. The molecule has 0 spiro atoms. The van der Waals surface area contributed by atoms with E-state index < -0.39 is 0 Å². The molecule has 0 unspecified atom stereocenters. The summed E-state index contributed by atoms with van der Waals surface area (Å²) < 4.78 is 13.7. The van der Waals surface area contributed by atoms with Gasteiger partial charge in [0.1, 0.15) is 5.82 Å². The van der Waals surface area contributed by atoms with E-state index in [-0.39, 0.29) is 11.9 Å². The standard InChI is InChI=1S/C10H14BrFN2/c1-6(2)14(3)10-5-8(12)7(11)4-9(10)13/h4-6H,13H2,1-3H3.